The molecule has 174 valence electrons. The summed E-state index contributed by atoms with van der Waals surface area (Å²) in [5.74, 6) is 0.408. The quantitative estimate of drug-likeness (QED) is 0.453. The standard InChI is InChI=1S/C26H26ClN5O2/c1-18-4-2-5-22-24(18)21(17-32(22)26-28-10-3-11-29-26)25(33)30-16-23(31-12-14-34-15-13-31)19-6-8-20(27)9-7-19/h2-11,17,23H,12-16H2,1H3,(H,30,33). The summed E-state index contributed by atoms with van der Waals surface area (Å²) in [4.78, 5) is 24.6. The zero-order chi connectivity index (χ0) is 23.5. The van der Waals surface area contributed by atoms with Crippen molar-refractivity contribution in [1.82, 2.24) is 24.8 Å². The number of carbonyl (C=O) groups is 1. The number of nitrogens with one attached hydrogen (secondary N) is 1. The van der Waals surface area contributed by atoms with Crippen LogP contribution in [0.4, 0.5) is 0 Å². The fraction of sp³-hybridized carbons (Fsp3) is 0.269. The number of amides is 1. The van der Waals surface area contributed by atoms with Crippen molar-refractivity contribution in [2.24, 2.45) is 0 Å². The minimum Gasteiger partial charge on any atom is -0.379 e. The average Bonchev–Trinajstić information content (AvgIpc) is 3.27. The van der Waals surface area contributed by atoms with Crippen LogP contribution in [0, 0.1) is 6.92 Å². The summed E-state index contributed by atoms with van der Waals surface area (Å²) in [5.41, 5.74) is 3.65. The highest BCUT2D eigenvalue weighted by Gasteiger charge is 2.25. The molecule has 1 unspecified atom stereocenters. The molecule has 0 spiro atoms. The maximum atomic E-state index is 13.5. The molecule has 0 radical (unpaired) electrons. The van der Waals surface area contributed by atoms with Crippen LogP contribution >= 0.6 is 11.6 Å². The Kier molecular flexibility index (Phi) is 6.58. The Morgan fingerprint density at radius 2 is 1.82 bits per heavy atom. The Hall–Kier alpha value is -3.26. The molecule has 2 aromatic carbocycles. The van der Waals surface area contributed by atoms with E-state index in [1.54, 1.807) is 18.5 Å². The zero-order valence-corrected chi connectivity index (χ0v) is 19.7. The molecule has 1 saturated heterocycles. The van der Waals surface area contributed by atoms with Gasteiger partial charge in [-0.3, -0.25) is 14.3 Å². The number of ether oxygens (including phenoxy) is 1. The number of benzene rings is 2. The van der Waals surface area contributed by atoms with Crippen LogP contribution in [-0.2, 0) is 4.74 Å². The first-order valence-electron chi connectivity index (χ1n) is 11.4. The highest BCUT2D eigenvalue weighted by Crippen LogP contribution is 2.28. The molecule has 1 amide bonds. The molecule has 4 aromatic rings. The summed E-state index contributed by atoms with van der Waals surface area (Å²) < 4.78 is 7.41. The summed E-state index contributed by atoms with van der Waals surface area (Å²) in [6.07, 6.45) is 5.22. The Morgan fingerprint density at radius 3 is 2.56 bits per heavy atom. The topological polar surface area (TPSA) is 72.3 Å². The molecule has 2 aromatic heterocycles. The Labute approximate surface area is 203 Å². The van der Waals surface area contributed by atoms with Gasteiger partial charge in [0.05, 0.1) is 30.3 Å². The lowest BCUT2D eigenvalue weighted by molar-refractivity contribution is 0.0162. The fourth-order valence-electron chi connectivity index (χ4n) is 4.54. The van der Waals surface area contributed by atoms with Gasteiger partial charge in [0.2, 0.25) is 5.95 Å². The van der Waals surface area contributed by atoms with Gasteiger partial charge in [-0.25, -0.2) is 9.97 Å². The minimum atomic E-state index is -0.124. The molecule has 34 heavy (non-hydrogen) atoms. The third kappa shape index (κ3) is 4.55. The first-order valence-corrected chi connectivity index (χ1v) is 11.7. The van der Waals surface area contributed by atoms with E-state index in [4.69, 9.17) is 16.3 Å². The van der Waals surface area contributed by atoms with Crippen LogP contribution in [0.3, 0.4) is 0 Å². The number of halogens is 1. The smallest absolute Gasteiger partial charge is 0.253 e. The van der Waals surface area contributed by atoms with Gasteiger partial charge in [0.25, 0.3) is 5.91 Å². The summed E-state index contributed by atoms with van der Waals surface area (Å²) >= 11 is 6.12. The van der Waals surface area contributed by atoms with E-state index in [-0.39, 0.29) is 11.9 Å². The van der Waals surface area contributed by atoms with Gasteiger partial charge >= 0.3 is 0 Å². The van der Waals surface area contributed by atoms with Crippen LogP contribution in [0.25, 0.3) is 16.9 Å². The fourth-order valence-corrected chi connectivity index (χ4v) is 4.66. The maximum absolute atomic E-state index is 13.5. The van der Waals surface area contributed by atoms with Gasteiger partial charge in [0.1, 0.15) is 0 Å². The van der Waals surface area contributed by atoms with Crippen molar-refractivity contribution in [3.05, 3.63) is 88.8 Å². The lowest BCUT2D eigenvalue weighted by atomic mass is 10.0. The predicted molar refractivity (Wildman–Crippen MR) is 133 cm³/mol. The highest BCUT2D eigenvalue weighted by molar-refractivity contribution is 6.30. The predicted octanol–water partition coefficient (Wildman–Crippen LogP) is 4.19. The van der Waals surface area contributed by atoms with Gasteiger partial charge in [-0.1, -0.05) is 35.9 Å². The van der Waals surface area contributed by atoms with E-state index in [0.29, 0.717) is 36.3 Å². The number of nitrogens with zero attached hydrogens (tertiary/aromatic N) is 4. The first-order chi connectivity index (χ1) is 16.6. The number of rotatable bonds is 6. The molecule has 0 saturated carbocycles. The SMILES string of the molecule is Cc1cccc2c1c(C(=O)NCC(c1ccc(Cl)cc1)N1CCOCC1)cn2-c1ncccn1. The average molecular weight is 476 g/mol. The van der Waals surface area contributed by atoms with Gasteiger partial charge in [-0.15, -0.1) is 0 Å². The van der Waals surface area contributed by atoms with E-state index < -0.39 is 0 Å². The van der Waals surface area contributed by atoms with Crippen LogP contribution in [-0.4, -0.2) is 58.2 Å². The van der Waals surface area contributed by atoms with Crippen molar-refractivity contribution in [3.63, 3.8) is 0 Å². The van der Waals surface area contributed by atoms with Crippen molar-refractivity contribution in [2.75, 3.05) is 32.8 Å². The van der Waals surface area contributed by atoms with Gasteiger partial charge in [0.15, 0.2) is 0 Å². The van der Waals surface area contributed by atoms with Gasteiger partial charge < -0.3 is 10.1 Å². The van der Waals surface area contributed by atoms with Crippen LogP contribution in [0.15, 0.2) is 67.1 Å². The van der Waals surface area contributed by atoms with E-state index in [1.165, 1.54) is 0 Å². The van der Waals surface area contributed by atoms with Gasteiger partial charge in [0, 0.05) is 48.6 Å². The Balaban J connectivity index is 1.45. The maximum Gasteiger partial charge on any atom is 0.253 e. The van der Waals surface area contributed by atoms with Gasteiger partial charge in [-0.05, 0) is 42.3 Å². The second-order valence-electron chi connectivity index (χ2n) is 8.36. The van der Waals surface area contributed by atoms with Crippen LogP contribution < -0.4 is 5.32 Å². The summed E-state index contributed by atoms with van der Waals surface area (Å²) in [5, 5.41) is 4.78. The summed E-state index contributed by atoms with van der Waals surface area (Å²) in [6, 6.07) is 15.6. The van der Waals surface area contributed by atoms with Crippen molar-refractivity contribution in [3.8, 4) is 5.95 Å². The normalized spacial score (nSPS) is 15.4. The highest BCUT2D eigenvalue weighted by atomic mass is 35.5. The molecule has 8 heteroatoms. The first kappa shape index (κ1) is 22.5. The molecule has 7 nitrogen and oxygen atoms in total. The molecule has 1 atom stereocenters. The number of aromatic nitrogens is 3. The second-order valence-corrected chi connectivity index (χ2v) is 8.79. The molecular formula is C26H26ClN5O2. The molecule has 5 rings (SSSR count). The lowest BCUT2D eigenvalue weighted by Crippen LogP contribution is -2.43. The zero-order valence-electron chi connectivity index (χ0n) is 18.9. The Morgan fingerprint density at radius 1 is 1.09 bits per heavy atom. The van der Waals surface area contributed by atoms with E-state index >= 15 is 0 Å². The van der Waals surface area contributed by atoms with Crippen molar-refractivity contribution >= 4 is 28.4 Å². The molecule has 0 bridgehead atoms. The van der Waals surface area contributed by atoms with E-state index in [0.717, 1.165) is 35.1 Å². The van der Waals surface area contributed by atoms with Crippen LogP contribution in [0.2, 0.25) is 5.02 Å². The molecule has 3 heterocycles. The molecular weight excluding hydrogens is 450 g/mol. The molecule has 1 N–H and O–H groups in total. The minimum absolute atomic E-state index is 0.0250. The largest absolute Gasteiger partial charge is 0.379 e. The molecule has 1 fully saturated rings. The second kappa shape index (κ2) is 9.93. The van der Waals surface area contributed by atoms with E-state index in [9.17, 15) is 4.79 Å². The number of fused-ring (bicyclic) bond motifs is 1. The Bertz CT molecular complexity index is 1280. The number of hydrogen-bond acceptors (Lipinski definition) is 5. The number of hydrogen-bond donors (Lipinski definition) is 1. The van der Waals surface area contributed by atoms with E-state index in [1.807, 2.05) is 60.2 Å². The monoisotopic (exact) mass is 475 g/mol. The third-order valence-electron chi connectivity index (χ3n) is 6.25. The summed E-state index contributed by atoms with van der Waals surface area (Å²) in [7, 11) is 0. The van der Waals surface area contributed by atoms with Crippen molar-refractivity contribution in [2.45, 2.75) is 13.0 Å². The van der Waals surface area contributed by atoms with Crippen LogP contribution in [0.5, 0.6) is 0 Å². The summed E-state index contributed by atoms with van der Waals surface area (Å²) in [6.45, 7) is 5.48. The molecule has 1 aliphatic heterocycles. The lowest BCUT2D eigenvalue weighted by Gasteiger charge is -2.35. The van der Waals surface area contributed by atoms with Crippen molar-refractivity contribution < 1.29 is 9.53 Å². The number of carbonyl (C=O) groups excluding carboxylic acids is 1. The van der Waals surface area contributed by atoms with Gasteiger partial charge in [-0.2, -0.15) is 0 Å². The third-order valence-corrected chi connectivity index (χ3v) is 6.50. The van der Waals surface area contributed by atoms with Crippen LogP contribution in [0.1, 0.15) is 27.5 Å². The number of morpholine rings is 1. The van der Waals surface area contributed by atoms with Crippen molar-refractivity contribution in [1.29, 1.82) is 0 Å². The molecule has 0 aliphatic carbocycles. The number of aryl methyl sites for hydroxylation is 1. The van der Waals surface area contributed by atoms with E-state index in [2.05, 4.69) is 20.2 Å². The molecule has 1 aliphatic rings.